The summed E-state index contributed by atoms with van der Waals surface area (Å²) in [5, 5.41) is 0.710. The van der Waals surface area contributed by atoms with Gasteiger partial charge in [-0.05, 0) is 62.1 Å². The van der Waals surface area contributed by atoms with Crippen molar-refractivity contribution in [1.82, 2.24) is 0 Å². The predicted molar refractivity (Wildman–Crippen MR) is 89.4 cm³/mol. The monoisotopic (exact) mass is 303 g/mol. The summed E-state index contributed by atoms with van der Waals surface area (Å²) in [6.45, 7) is 6.21. The van der Waals surface area contributed by atoms with E-state index >= 15 is 0 Å². The Bertz CT molecular complexity index is 625. The van der Waals surface area contributed by atoms with Crippen molar-refractivity contribution in [3.8, 4) is 11.5 Å². The van der Waals surface area contributed by atoms with Crippen LogP contribution < -0.4 is 10.5 Å². The van der Waals surface area contributed by atoms with E-state index < -0.39 is 0 Å². The predicted octanol–water partition coefficient (Wildman–Crippen LogP) is 5.03. The van der Waals surface area contributed by atoms with Crippen LogP contribution in [-0.2, 0) is 6.42 Å². The second-order valence-corrected chi connectivity index (χ2v) is 5.93. The summed E-state index contributed by atoms with van der Waals surface area (Å²) < 4.78 is 6.08. The van der Waals surface area contributed by atoms with Crippen LogP contribution >= 0.6 is 11.6 Å². The molecule has 0 saturated carbocycles. The van der Waals surface area contributed by atoms with Gasteiger partial charge >= 0.3 is 0 Å². The lowest BCUT2D eigenvalue weighted by atomic mass is 10.0. The van der Waals surface area contributed by atoms with Crippen molar-refractivity contribution in [1.29, 1.82) is 0 Å². The van der Waals surface area contributed by atoms with Crippen LogP contribution in [0.1, 0.15) is 30.0 Å². The average molecular weight is 304 g/mol. The highest BCUT2D eigenvalue weighted by Crippen LogP contribution is 2.31. The van der Waals surface area contributed by atoms with Crippen molar-refractivity contribution >= 4 is 11.6 Å². The van der Waals surface area contributed by atoms with E-state index in [-0.39, 0.29) is 6.04 Å². The van der Waals surface area contributed by atoms with Crippen molar-refractivity contribution in [3.05, 3.63) is 58.1 Å². The van der Waals surface area contributed by atoms with Crippen molar-refractivity contribution in [2.75, 3.05) is 0 Å². The maximum absolute atomic E-state index is 6.10. The lowest BCUT2D eigenvalue weighted by molar-refractivity contribution is 0.468. The number of rotatable bonds is 5. The highest BCUT2D eigenvalue weighted by Gasteiger charge is 2.11. The zero-order chi connectivity index (χ0) is 15.4. The van der Waals surface area contributed by atoms with E-state index in [1.807, 2.05) is 24.3 Å². The minimum absolute atomic E-state index is 0.116. The summed E-state index contributed by atoms with van der Waals surface area (Å²) in [6.07, 6.45) is 1.69. The molecule has 0 aromatic heterocycles. The van der Waals surface area contributed by atoms with E-state index in [1.165, 1.54) is 5.56 Å². The largest absolute Gasteiger partial charge is 0.457 e. The molecule has 0 saturated heterocycles. The van der Waals surface area contributed by atoms with Crippen LogP contribution in [0.3, 0.4) is 0 Å². The standard InChI is InChI=1S/C18H22ClNO/c1-4-16(20)11-14-10-15(19)6-8-18(14)21-17-7-5-12(2)9-13(17)3/h5-10,16H,4,11,20H2,1-3H3. The zero-order valence-electron chi connectivity index (χ0n) is 12.8. The number of ether oxygens (including phenoxy) is 1. The van der Waals surface area contributed by atoms with Gasteiger partial charge < -0.3 is 10.5 Å². The van der Waals surface area contributed by atoms with E-state index in [9.17, 15) is 0 Å². The molecule has 0 aliphatic rings. The highest BCUT2D eigenvalue weighted by molar-refractivity contribution is 6.30. The molecule has 0 radical (unpaired) electrons. The van der Waals surface area contributed by atoms with Crippen LogP contribution in [0.15, 0.2) is 36.4 Å². The maximum atomic E-state index is 6.10. The Hall–Kier alpha value is -1.51. The summed E-state index contributed by atoms with van der Waals surface area (Å²) in [5.74, 6) is 1.70. The summed E-state index contributed by atoms with van der Waals surface area (Å²) >= 11 is 6.10. The second-order valence-electron chi connectivity index (χ2n) is 5.50. The molecule has 0 bridgehead atoms. The SMILES string of the molecule is CCC(N)Cc1cc(Cl)ccc1Oc1ccc(C)cc1C. The van der Waals surface area contributed by atoms with Gasteiger partial charge in [-0.3, -0.25) is 0 Å². The van der Waals surface area contributed by atoms with Gasteiger partial charge in [0.25, 0.3) is 0 Å². The number of nitrogens with two attached hydrogens (primary N) is 1. The van der Waals surface area contributed by atoms with Crippen LogP contribution in [0, 0.1) is 13.8 Å². The number of benzene rings is 2. The molecule has 2 rings (SSSR count). The molecule has 0 fully saturated rings. The van der Waals surface area contributed by atoms with Crippen molar-refractivity contribution in [2.45, 2.75) is 39.7 Å². The van der Waals surface area contributed by atoms with E-state index in [2.05, 4.69) is 32.9 Å². The van der Waals surface area contributed by atoms with Crippen molar-refractivity contribution < 1.29 is 4.74 Å². The lowest BCUT2D eigenvalue weighted by Gasteiger charge is -2.16. The third-order valence-electron chi connectivity index (χ3n) is 3.58. The Labute approximate surface area is 131 Å². The molecule has 1 atom stereocenters. The number of hydrogen-bond acceptors (Lipinski definition) is 2. The summed E-state index contributed by atoms with van der Waals surface area (Å²) in [4.78, 5) is 0. The van der Waals surface area contributed by atoms with Crippen LogP contribution in [0.5, 0.6) is 11.5 Å². The minimum atomic E-state index is 0.116. The topological polar surface area (TPSA) is 35.2 Å². The molecule has 0 aliphatic carbocycles. The van der Waals surface area contributed by atoms with Gasteiger partial charge in [0.15, 0.2) is 0 Å². The highest BCUT2D eigenvalue weighted by atomic mass is 35.5. The molecule has 1 unspecified atom stereocenters. The molecule has 2 nitrogen and oxygen atoms in total. The summed E-state index contributed by atoms with van der Waals surface area (Å²) in [7, 11) is 0. The Morgan fingerprint density at radius 2 is 1.81 bits per heavy atom. The molecular weight excluding hydrogens is 282 g/mol. The van der Waals surface area contributed by atoms with Gasteiger partial charge in [0.05, 0.1) is 0 Å². The minimum Gasteiger partial charge on any atom is -0.457 e. The van der Waals surface area contributed by atoms with Crippen LogP contribution in [0.4, 0.5) is 0 Å². The summed E-state index contributed by atoms with van der Waals surface area (Å²) in [5.41, 5.74) is 9.47. The van der Waals surface area contributed by atoms with Crippen LogP contribution in [-0.4, -0.2) is 6.04 Å². The fraction of sp³-hybridized carbons (Fsp3) is 0.333. The molecule has 112 valence electrons. The van der Waals surface area contributed by atoms with Gasteiger partial charge in [-0.1, -0.05) is 36.2 Å². The third kappa shape index (κ3) is 4.23. The molecule has 0 amide bonds. The maximum Gasteiger partial charge on any atom is 0.130 e. The van der Waals surface area contributed by atoms with E-state index in [1.54, 1.807) is 0 Å². The molecule has 0 spiro atoms. The summed E-state index contributed by atoms with van der Waals surface area (Å²) in [6, 6.07) is 12.0. The molecule has 2 aromatic carbocycles. The fourth-order valence-electron chi connectivity index (χ4n) is 2.27. The van der Waals surface area contributed by atoms with Gasteiger partial charge in [0.1, 0.15) is 11.5 Å². The number of halogens is 1. The van der Waals surface area contributed by atoms with Gasteiger partial charge in [0, 0.05) is 11.1 Å². The van der Waals surface area contributed by atoms with Gasteiger partial charge in [-0.2, -0.15) is 0 Å². The number of aryl methyl sites for hydroxylation is 2. The van der Waals surface area contributed by atoms with Crippen molar-refractivity contribution in [2.24, 2.45) is 5.73 Å². The van der Waals surface area contributed by atoms with Crippen LogP contribution in [0.2, 0.25) is 5.02 Å². The molecular formula is C18H22ClNO. The quantitative estimate of drug-likeness (QED) is 0.841. The Morgan fingerprint density at radius 3 is 2.48 bits per heavy atom. The van der Waals surface area contributed by atoms with Gasteiger partial charge in [0.2, 0.25) is 0 Å². The molecule has 2 aromatic rings. The van der Waals surface area contributed by atoms with Gasteiger partial charge in [-0.15, -0.1) is 0 Å². The zero-order valence-corrected chi connectivity index (χ0v) is 13.6. The van der Waals surface area contributed by atoms with Gasteiger partial charge in [-0.25, -0.2) is 0 Å². The molecule has 0 aliphatic heterocycles. The van der Waals surface area contributed by atoms with E-state index in [0.29, 0.717) is 5.02 Å². The second kappa shape index (κ2) is 6.97. The smallest absolute Gasteiger partial charge is 0.130 e. The van der Waals surface area contributed by atoms with E-state index in [0.717, 1.165) is 35.5 Å². The number of hydrogen-bond donors (Lipinski definition) is 1. The van der Waals surface area contributed by atoms with Crippen LogP contribution in [0.25, 0.3) is 0 Å². The normalized spacial score (nSPS) is 12.2. The lowest BCUT2D eigenvalue weighted by Crippen LogP contribution is -2.21. The first kappa shape index (κ1) is 15.9. The van der Waals surface area contributed by atoms with Crippen molar-refractivity contribution in [3.63, 3.8) is 0 Å². The average Bonchev–Trinajstić information content (AvgIpc) is 2.44. The first-order valence-corrected chi connectivity index (χ1v) is 7.66. The Kier molecular flexibility index (Phi) is 5.27. The molecule has 0 heterocycles. The molecule has 2 N–H and O–H groups in total. The Morgan fingerprint density at radius 1 is 1.10 bits per heavy atom. The molecule has 3 heteroatoms. The first-order chi connectivity index (χ1) is 9.99. The van der Waals surface area contributed by atoms with E-state index in [4.69, 9.17) is 22.1 Å². The fourth-order valence-corrected chi connectivity index (χ4v) is 2.46. The Balaban J connectivity index is 2.30. The third-order valence-corrected chi connectivity index (χ3v) is 3.81. The molecule has 21 heavy (non-hydrogen) atoms. The first-order valence-electron chi connectivity index (χ1n) is 7.28.